The summed E-state index contributed by atoms with van der Waals surface area (Å²) in [6.07, 6.45) is 0.973. The first-order chi connectivity index (χ1) is 8.40. The predicted molar refractivity (Wildman–Crippen MR) is 81.6 cm³/mol. The third-order valence-electron chi connectivity index (χ3n) is 3.37. The van der Waals surface area contributed by atoms with Crippen molar-refractivity contribution in [2.45, 2.75) is 40.2 Å². The molecule has 0 fully saturated rings. The van der Waals surface area contributed by atoms with Gasteiger partial charge in [0.1, 0.15) is 0 Å². The zero-order valence-electron chi connectivity index (χ0n) is 11.6. The molecule has 3 heteroatoms. The maximum absolute atomic E-state index is 6.20. The average molecular weight is 288 g/mol. The van der Waals surface area contributed by atoms with Crippen LogP contribution in [0.2, 0.25) is 10.0 Å². The molecule has 1 rings (SSSR count). The van der Waals surface area contributed by atoms with E-state index in [0.717, 1.165) is 28.6 Å². The summed E-state index contributed by atoms with van der Waals surface area (Å²) in [6, 6.07) is 6.22. The number of hydrogen-bond donors (Lipinski definition) is 1. The van der Waals surface area contributed by atoms with Crippen molar-refractivity contribution in [2.75, 3.05) is 6.54 Å². The van der Waals surface area contributed by atoms with Crippen LogP contribution >= 0.6 is 23.2 Å². The quantitative estimate of drug-likeness (QED) is 0.792. The first kappa shape index (κ1) is 15.8. The lowest BCUT2D eigenvalue weighted by atomic mass is 9.89. The lowest BCUT2D eigenvalue weighted by Crippen LogP contribution is -2.31. The van der Waals surface area contributed by atoms with Gasteiger partial charge in [0.05, 0.1) is 0 Å². The topological polar surface area (TPSA) is 12.0 Å². The van der Waals surface area contributed by atoms with E-state index >= 15 is 0 Å². The van der Waals surface area contributed by atoms with Gasteiger partial charge in [-0.3, -0.25) is 0 Å². The van der Waals surface area contributed by atoms with Crippen LogP contribution < -0.4 is 5.32 Å². The molecule has 0 radical (unpaired) electrons. The van der Waals surface area contributed by atoms with Gasteiger partial charge in [0.15, 0.2) is 0 Å². The van der Waals surface area contributed by atoms with Crippen LogP contribution in [0, 0.1) is 11.8 Å². The molecule has 0 heterocycles. The SMILES string of the molecule is CC(C)NCC(C)C(C)Cc1cc(Cl)ccc1Cl. The maximum Gasteiger partial charge on any atom is 0.0439 e. The molecule has 0 bridgehead atoms. The molecule has 102 valence electrons. The standard InChI is InChI=1S/C15H23Cl2N/c1-10(2)18-9-12(4)11(3)7-13-8-14(16)5-6-15(13)17/h5-6,8,10-12,18H,7,9H2,1-4H3. The van der Waals surface area contributed by atoms with Crippen LogP contribution in [-0.2, 0) is 6.42 Å². The molecule has 0 aliphatic carbocycles. The van der Waals surface area contributed by atoms with Crippen molar-refractivity contribution in [1.29, 1.82) is 0 Å². The first-order valence-corrected chi connectivity index (χ1v) is 7.33. The molecule has 0 aliphatic rings. The Bertz CT molecular complexity index is 377. The molecule has 0 spiro atoms. The van der Waals surface area contributed by atoms with Crippen LogP contribution in [0.15, 0.2) is 18.2 Å². The summed E-state index contributed by atoms with van der Waals surface area (Å²) >= 11 is 12.2. The molecule has 0 aliphatic heterocycles. The highest BCUT2D eigenvalue weighted by molar-refractivity contribution is 6.33. The molecular formula is C15H23Cl2N. The second-order valence-electron chi connectivity index (χ2n) is 5.46. The second kappa shape index (κ2) is 7.37. The Morgan fingerprint density at radius 1 is 1.06 bits per heavy atom. The van der Waals surface area contributed by atoms with Crippen molar-refractivity contribution in [1.82, 2.24) is 5.32 Å². The van der Waals surface area contributed by atoms with Crippen molar-refractivity contribution >= 4 is 23.2 Å². The van der Waals surface area contributed by atoms with Crippen LogP contribution in [0.3, 0.4) is 0 Å². The first-order valence-electron chi connectivity index (χ1n) is 6.57. The summed E-state index contributed by atoms with van der Waals surface area (Å²) in [5.74, 6) is 1.19. The Balaban J connectivity index is 2.57. The van der Waals surface area contributed by atoms with E-state index < -0.39 is 0 Å². The number of hydrogen-bond acceptors (Lipinski definition) is 1. The molecule has 1 nitrogen and oxygen atoms in total. The monoisotopic (exact) mass is 287 g/mol. The fraction of sp³-hybridized carbons (Fsp3) is 0.600. The van der Waals surface area contributed by atoms with Gasteiger partial charge in [-0.15, -0.1) is 0 Å². The minimum absolute atomic E-state index is 0.536. The normalized spacial score (nSPS) is 14.8. The fourth-order valence-corrected chi connectivity index (χ4v) is 2.26. The molecule has 1 aromatic carbocycles. The van der Waals surface area contributed by atoms with E-state index in [1.165, 1.54) is 0 Å². The summed E-state index contributed by atoms with van der Waals surface area (Å²) in [5, 5.41) is 5.05. The minimum Gasteiger partial charge on any atom is -0.314 e. The Morgan fingerprint density at radius 2 is 1.72 bits per heavy atom. The maximum atomic E-state index is 6.20. The van der Waals surface area contributed by atoms with Crippen molar-refractivity contribution in [3.8, 4) is 0 Å². The molecule has 0 amide bonds. The highest BCUT2D eigenvalue weighted by atomic mass is 35.5. The summed E-state index contributed by atoms with van der Waals surface area (Å²) < 4.78 is 0. The van der Waals surface area contributed by atoms with Gasteiger partial charge in [-0.05, 0) is 48.6 Å². The predicted octanol–water partition coefficient (Wildman–Crippen LogP) is 4.81. The number of nitrogens with one attached hydrogen (secondary N) is 1. The molecule has 0 saturated heterocycles. The number of rotatable bonds is 6. The summed E-state index contributed by atoms with van der Waals surface area (Å²) in [7, 11) is 0. The number of halogens is 2. The number of benzene rings is 1. The molecule has 2 unspecified atom stereocenters. The Kier molecular flexibility index (Phi) is 6.48. The van der Waals surface area contributed by atoms with Crippen molar-refractivity contribution in [3.63, 3.8) is 0 Å². The highest BCUT2D eigenvalue weighted by Crippen LogP contribution is 2.25. The van der Waals surface area contributed by atoms with Gasteiger partial charge in [-0.2, -0.15) is 0 Å². The van der Waals surface area contributed by atoms with Gasteiger partial charge < -0.3 is 5.32 Å². The Morgan fingerprint density at radius 3 is 2.33 bits per heavy atom. The molecular weight excluding hydrogens is 265 g/mol. The summed E-state index contributed by atoms with van der Waals surface area (Å²) in [5.41, 5.74) is 1.15. The minimum atomic E-state index is 0.536. The average Bonchev–Trinajstić information content (AvgIpc) is 2.30. The van der Waals surface area contributed by atoms with Crippen LogP contribution in [0.25, 0.3) is 0 Å². The molecule has 0 aromatic heterocycles. The van der Waals surface area contributed by atoms with E-state index in [1.807, 2.05) is 18.2 Å². The van der Waals surface area contributed by atoms with Crippen molar-refractivity contribution in [3.05, 3.63) is 33.8 Å². The van der Waals surface area contributed by atoms with Gasteiger partial charge in [0.2, 0.25) is 0 Å². The van der Waals surface area contributed by atoms with E-state index in [1.54, 1.807) is 0 Å². The van der Waals surface area contributed by atoms with Crippen molar-refractivity contribution in [2.24, 2.45) is 11.8 Å². The van der Waals surface area contributed by atoms with Crippen LogP contribution in [0.5, 0.6) is 0 Å². The zero-order chi connectivity index (χ0) is 13.7. The Hall–Kier alpha value is -0.240. The molecule has 1 aromatic rings. The molecule has 1 N–H and O–H groups in total. The van der Waals surface area contributed by atoms with Gasteiger partial charge in [0, 0.05) is 16.1 Å². The third-order valence-corrected chi connectivity index (χ3v) is 3.97. The molecule has 2 atom stereocenters. The lowest BCUT2D eigenvalue weighted by molar-refractivity contribution is 0.354. The van der Waals surface area contributed by atoms with E-state index in [0.29, 0.717) is 17.9 Å². The van der Waals surface area contributed by atoms with Gasteiger partial charge in [-0.1, -0.05) is 50.9 Å². The van der Waals surface area contributed by atoms with E-state index in [4.69, 9.17) is 23.2 Å². The summed E-state index contributed by atoms with van der Waals surface area (Å²) in [6.45, 7) is 9.93. The van der Waals surface area contributed by atoms with Crippen LogP contribution in [-0.4, -0.2) is 12.6 Å². The second-order valence-corrected chi connectivity index (χ2v) is 6.30. The highest BCUT2D eigenvalue weighted by Gasteiger charge is 2.14. The van der Waals surface area contributed by atoms with E-state index in [2.05, 4.69) is 33.0 Å². The largest absolute Gasteiger partial charge is 0.314 e. The van der Waals surface area contributed by atoms with Crippen LogP contribution in [0.1, 0.15) is 33.3 Å². The van der Waals surface area contributed by atoms with E-state index in [9.17, 15) is 0 Å². The van der Waals surface area contributed by atoms with Gasteiger partial charge in [-0.25, -0.2) is 0 Å². The summed E-state index contributed by atoms with van der Waals surface area (Å²) in [4.78, 5) is 0. The van der Waals surface area contributed by atoms with Crippen LogP contribution in [0.4, 0.5) is 0 Å². The zero-order valence-corrected chi connectivity index (χ0v) is 13.1. The lowest BCUT2D eigenvalue weighted by Gasteiger charge is -2.22. The van der Waals surface area contributed by atoms with E-state index in [-0.39, 0.29) is 0 Å². The molecule has 0 saturated carbocycles. The third kappa shape index (κ3) is 5.17. The van der Waals surface area contributed by atoms with Gasteiger partial charge in [0.25, 0.3) is 0 Å². The smallest absolute Gasteiger partial charge is 0.0439 e. The van der Waals surface area contributed by atoms with Crippen molar-refractivity contribution < 1.29 is 0 Å². The Labute approximate surface area is 121 Å². The molecule has 18 heavy (non-hydrogen) atoms. The fourth-order valence-electron chi connectivity index (χ4n) is 1.87. The van der Waals surface area contributed by atoms with Gasteiger partial charge >= 0.3 is 0 Å².